The quantitative estimate of drug-likeness (QED) is 0.634. The number of rotatable bonds is 2. The molecule has 0 saturated carbocycles. The zero-order chi connectivity index (χ0) is 10.3. The van der Waals surface area contributed by atoms with E-state index in [0.717, 1.165) is 12.8 Å². The van der Waals surface area contributed by atoms with E-state index in [1.54, 1.807) is 0 Å². The van der Waals surface area contributed by atoms with Gasteiger partial charge in [-0.15, -0.1) is 0 Å². The Morgan fingerprint density at radius 2 is 1.86 bits per heavy atom. The van der Waals surface area contributed by atoms with Crippen molar-refractivity contribution in [3.63, 3.8) is 0 Å². The van der Waals surface area contributed by atoms with Gasteiger partial charge in [0.2, 0.25) is 0 Å². The van der Waals surface area contributed by atoms with Gasteiger partial charge in [0.25, 0.3) is 0 Å². The van der Waals surface area contributed by atoms with E-state index in [1.807, 2.05) is 6.92 Å². The molecule has 2 saturated heterocycles. The third-order valence-corrected chi connectivity index (χ3v) is 3.52. The SMILES string of the molecule is CCC1OC(CC)C2C(C)OC(=O)C12. The third kappa shape index (κ3) is 1.26. The van der Waals surface area contributed by atoms with Gasteiger partial charge in [-0.1, -0.05) is 13.8 Å². The van der Waals surface area contributed by atoms with Crippen molar-refractivity contribution in [3.8, 4) is 0 Å². The average molecular weight is 198 g/mol. The molecule has 0 aromatic carbocycles. The smallest absolute Gasteiger partial charge is 0.312 e. The summed E-state index contributed by atoms with van der Waals surface area (Å²) in [7, 11) is 0. The van der Waals surface area contributed by atoms with Gasteiger partial charge in [0.05, 0.1) is 18.1 Å². The van der Waals surface area contributed by atoms with Gasteiger partial charge >= 0.3 is 5.97 Å². The van der Waals surface area contributed by atoms with Gasteiger partial charge in [-0.2, -0.15) is 0 Å². The Balaban J connectivity index is 2.22. The summed E-state index contributed by atoms with van der Waals surface area (Å²) in [5.74, 6) is 0.239. The van der Waals surface area contributed by atoms with Crippen LogP contribution in [-0.4, -0.2) is 24.3 Å². The number of ether oxygens (including phenoxy) is 2. The van der Waals surface area contributed by atoms with Crippen LogP contribution in [0.2, 0.25) is 0 Å². The lowest BCUT2D eigenvalue weighted by atomic mass is 9.84. The minimum absolute atomic E-state index is 0.0000463. The maximum absolute atomic E-state index is 11.6. The van der Waals surface area contributed by atoms with Crippen LogP contribution < -0.4 is 0 Å². The van der Waals surface area contributed by atoms with Gasteiger partial charge in [-0.05, 0) is 19.8 Å². The first-order valence-electron chi connectivity index (χ1n) is 5.55. The summed E-state index contributed by atoms with van der Waals surface area (Å²) in [6.07, 6.45) is 2.21. The Morgan fingerprint density at radius 1 is 1.21 bits per heavy atom. The first-order chi connectivity index (χ1) is 6.69. The van der Waals surface area contributed by atoms with E-state index in [9.17, 15) is 4.79 Å². The van der Waals surface area contributed by atoms with Crippen LogP contribution in [0.1, 0.15) is 33.6 Å². The summed E-state index contributed by atoms with van der Waals surface area (Å²) in [5.41, 5.74) is 0. The molecule has 2 aliphatic rings. The maximum Gasteiger partial charge on any atom is 0.312 e. The molecule has 5 atom stereocenters. The highest BCUT2D eigenvalue weighted by molar-refractivity contribution is 5.76. The molecule has 2 aliphatic heterocycles. The van der Waals surface area contributed by atoms with Gasteiger partial charge in [-0.25, -0.2) is 0 Å². The summed E-state index contributed by atoms with van der Waals surface area (Å²) < 4.78 is 11.1. The van der Waals surface area contributed by atoms with E-state index in [4.69, 9.17) is 9.47 Å². The molecular formula is C11H18O3. The van der Waals surface area contributed by atoms with Crippen molar-refractivity contribution < 1.29 is 14.3 Å². The second-order valence-corrected chi connectivity index (χ2v) is 4.27. The van der Waals surface area contributed by atoms with E-state index in [2.05, 4.69) is 13.8 Å². The lowest BCUT2D eigenvalue weighted by molar-refractivity contribution is -0.148. The Morgan fingerprint density at radius 3 is 2.43 bits per heavy atom. The van der Waals surface area contributed by atoms with E-state index in [1.165, 1.54) is 0 Å². The Labute approximate surface area is 84.8 Å². The monoisotopic (exact) mass is 198 g/mol. The van der Waals surface area contributed by atoms with Crippen molar-refractivity contribution >= 4 is 5.97 Å². The van der Waals surface area contributed by atoms with Crippen LogP contribution in [-0.2, 0) is 14.3 Å². The minimum Gasteiger partial charge on any atom is -0.462 e. The Kier molecular flexibility index (Phi) is 2.52. The molecule has 0 bridgehead atoms. The fourth-order valence-electron chi connectivity index (χ4n) is 2.84. The van der Waals surface area contributed by atoms with Crippen LogP contribution >= 0.6 is 0 Å². The molecule has 0 amide bonds. The topological polar surface area (TPSA) is 35.5 Å². The predicted octanol–water partition coefficient (Wildman–Crippen LogP) is 1.75. The third-order valence-electron chi connectivity index (χ3n) is 3.52. The number of carbonyl (C=O) groups excluding carboxylic acids is 1. The van der Waals surface area contributed by atoms with Crippen LogP contribution in [0.5, 0.6) is 0 Å². The molecule has 0 aromatic heterocycles. The number of esters is 1. The molecule has 0 N–H and O–H groups in total. The van der Waals surface area contributed by atoms with E-state index in [-0.39, 0.29) is 36.1 Å². The fourth-order valence-corrected chi connectivity index (χ4v) is 2.84. The van der Waals surface area contributed by atoms with Gasteiger partial charge in [0.15, 0.2) is 0 Å². The van der Waals surface area contributed by atoms with E-state index < -0.39 is 0 Å². The van der Waals surface area contributed by atoms with Gasteiger partial charge in [-0.3, -0.25) is 4.79 Å². The summed E-state index contributed by atoms with van der Waals surface area (Å²) >= 11 is 0. The number of hydrogen-bond acceptors (Lipinski definition) is 3. The van der Waals surface area contributed by atoms with Crippen LogP contribution in [0.3, 0.4) is 0 Å². The molecule has 0 spiro atoms. The molecule has 3 heteroatoms. The number of fused-ring (bicyclic) bond motifs is 1. The van der Waals surface area contributed by atoms with Crippen LogP contribution in [0, 0.1) is 11.8 Å². The summed E-state index contributed by atoms with van der Waals surface area (Å²) in [5, 5.41) is 0. The van der Waals surface area contributed by atoms with Crippen molar-refractivity contribution in [2.24, 2.45) is 11.8 Å². The Bertz CT molecular complexity index is 239. The fraction of sp³-hybridized carbons (Fsp3) is 0.909. The summed E-state index contributed by atoms with van der Waals surface area (Å²) in [4.78, 5) is 11.6. The molecule has 14 heavy (non-hydrogen) atoms. The summed E-state index contributed by atoms with van der Waals surface area (Å²) in [6.45, 7) is 6.15. The van der Waals surface area contributed by atoms with Gasteiger partial charge < -0.3 is 9.47 Å². The molecule has 2 fully saturated rings. The lowest BCUT2D eigenvalue weighted by Gasteiger charge is -2.18. The highest BCUT2D eigenvalue weighted by atomic mass is 16.6. The highest BCUT2D eigenvalue weighted by Gasteiger charge is 2.55. The molecule has 0 aromatic rings. The van der Waals surface area contributed by atoms with Crippen LogP contribution in [0.25, 0.3) is 0 Å². The second kappa shape index (κ2) is 3.54. The Hall–Kier alpha value is -0.570. The number of carbonyl (C=O) groups is 1. The highest BCUT2D eigenvalue weighted by Crippen LogP contribution is 2.43. The molecule has 0 radical (unpaired) electrons. The number of hydrogen-bond donors (Lipinski definition) is 0. The van der Waals surface area contributed by atoms with Crippen molar-refractivity contribution in [1.29, 1.82) is 0 Å². The molecule has 80 valence electrons. The number of cyclic esters (lactones) is 1. The zero-order valence-corrected chi connectivity index (χ0v) is 9.03. The standard InChI is InChI=1S/C11H18O3/c1-4-7-9-6(3)13-11(12)10(9)8(5-2)14-7/h6-10H,4-5H2,1-3H3. The second-order valence-electron chi connectivity index (χ2n) is 4.27. The predicted molar refractivity (Wildman–Crippen MR) is 51.8 cm³/mol. The molecular weight excluding hydrogens is 180 g/mol. The van der Waals surface area contributed by atoms with Crippen molar-refractivity contribution in [2.45, 2.75) is 51.9 Å². The maximum atomic E-state index is 11.6. The normalized spacial score (nSPS) is 46.5. The average Bonchev–Trinajstić information content (AvgIpc) is 2.67. The molecule has 0 aliphatic carbocycles. The first-order valence-corrected chi connectivity index (χ1v) is 5.55. The zero-order valence-electron chi connectivity index (χ0n) is 9.03. The summed E-state index contributed by atoms with van der Waals surface area (Å²) in [6, 6.07) is 0. The molecule has 2 rings (SSSR count). The van der Waals surface area contributed by atoms with Gasteiger partial charge in [0.1, 0.15) is 6.10 Å². The first kappa shape index (κ1) is 9.97. The molecule has 3 nitrogen and oxygen atoms in total. The minimum atomic E-state index is -0.0506. The lowest BCUT2D eigenvalue weighted by Crippen LogP contribution is -2.25. The van der Waals surface area contributed by atoms with Crippen LogP contribution in [0.4, 0.5) is 0 Å². The van der Waals surface area contributed by atoms with Crippen molar-refractivity contribution in [3.05, 3.63) is 0 Å². The van der Waals surface area contributed by atoms with Crippen molar-refractivity contribution in [1.82, 2.24) is 0 Å². The molecule has 2 heterocycles. The van der Waals surface area contributed by atoms with E-state index in [0.29, 0.717) is 0 Å². The van der Waals surface area contributed by atoms with Gasteiger partial charge in [0, 0.05) is 5.92 Å². The van der Waals surface area contributed by atoms with E-state index >= 15 is 0 Å². The van der Waals surface area contributed by atoms with Crippen LogP contribution in [0.15, 0.2) is 0 Å². The van der Waals surface area contributed by atoms with Crippen molar-refractivity contribution in [2.75, 3.05) is 0 Å². The molecule has 5 unspecified atom stereocenters. The largest absolute Gasteiger partial charge is 0.462 e.